The third-order valence-corrected chi connectivity index (χ3v) is 3.33. The fourth-order valence-electron chi connectivity index (χ4n) is 2.43. The van der Waals surface area contributed by atoms with Crippen LogP contribution in [-0.2, 0) is 0 Å². The van der Waals surface area contributed by atoms with Crippen LogP contribution in [0.1, 0.15) is 36.8 Å². The molecule has 0 aromatic carbocycles. The minimum Gasteiger partial charge on any atom is -0.361 e. The van der Waals surface area contributed by atoms with E-state index in [0.717, 1.165) is 22.6 Å². The van der Waals surface area contributed by atoms with Crippen LogP contribution >= 0.6 is 0 Å². The molecule has 16 heavy (non-hydrogen) atoms. The first-order chi connectivity index (χ1) is 7.52. The van der Waals surface area contributed by atoms with Gasteiger partial charge in [-0.2, -0.15) is 0 Å². The summed E-state index contributed by atoms with van der Waals surface area (Å²) in [5, 5.41) is 3.94. The predicted octanol–water partition coefficient (Wildman–Crippen LogP) is 3.82. The number of halogens is 1. The number of aromatic nitrogens is 1. The van der Waals surface area contributed by atoms with E-state index in [1.165, 1.54) is 0 Å². The lowest BCUT2D eigenvalue weighted by atomic mass is 9.78. The molecule has 86 valence electrons. The van der Waals surface area contributed by atoms with E-state index in [1.807, 2.05) is 33.8 Å². The number of rotatable bonds is 1. The summed E-state index contributed by atoms with van der Waals surface area (Å²) in [5.74, 6) is 0.630. The summed E-state index contributed by atoms with van der Waals surface area (Å²) < 4.78 is 18.8. The molecule has 0 bridgehead atoms. The van der Waals surface area contributed by atoms with Crippen LogP contribution in [0.3, 0.4) is 0 Å². The van der Waals surface area contributed by atoms with Gasteiger partial charge in [-0.1, -0.05) is 23.7 Å². The van der Waals surface area contributed by atoms with Crippen LogP contribution in [0.15, 0.2) is 28.1 Å². The van der Waals surface area contributed by atoms with Gasteiger partial charge in [-0.15, -0.1) is 0 Å². The zero-order chi connectivity index (χ0) is 11.9. The molecule has 1 aromatic rings. The van der Waals surface area contributed by atoms with Crippen molar-refractivity contribution in [1.29, 1.82) is 0 Å². The van der Waals surface area contributed by atoms with Gasteiger partial charge >= 0.3 is 0 Å². The van der Waals surface area contributed by atoms with Gasteiger partial charge in [0.1, 0.15) is 11.6 Å². The quantitative estimate of drug-likeness (QED) is 0.720. The van der Waals surface area contributed by atoms with Crippen LogP contribution in [0.4, 0.5) is 4.39 Å². The van der Waals surface area contributed by atoms with Crippen LogP contribution < -0.4 is 0 Å². The Morgan fingerprint density at radius 2 is 1.94 bits per heavy atom. The first kappa shape index (κ1) is 11.1. The van der Waals surface area contributed by atoms with Gasteiger partial charge in [-0.25, -0.2) is 4.39 Å². The van der Waals surface area contributed by atoms with Gasteiger partial charge < -0.3 is 4.52 Å². The van der Waals surface area contributed by atoms with Crippen LogP contribution in [-0.4, -0.2) is 5.16 Å². The molecule has 1 aliphatic rings. The number of hydrogen-bond donors (Lipinski definition) is 0. The molecule has 0 fully saturated rings. The van der Waals surface area contributed by atoms with E-state index in [1.54, 1.807) is 6.08 Å². The molecule has 0 aliphatic heterocycles. The van der Waals surface area contributed by atoms with E-state index in [2.05, 4.69) is 5.16 Å². The van der Waals surface area contributed by atoms with Crippen molar-refractivity contribution in [2.75, 3.05) is 0 Å². The molecule has 1 aromatic heterocycles. The molecule has 2 unspecified atom stereocenters. The number of allylic oxidation sites excluding steroid dienone is 4. The number of nitrogens with zero attached hydrogens (tertiary/aromatic N) is 1. The first-order valence-corrected chi connectivity index (χ1v) is 5.49. The Labute approximate surface area is 94.8 Å². The average Bonchev–Trinajstić information content (AvgIpc) is 2.56. The van der Waals surface area contributed by atoms with Gasteiger partial charge in [0.15, 0.2) is 0 Å². The largest absolute Gasteiger partial charge is 0.361 e. The van der Waals surface area contributed by atoms with Crippen molar-refractivity contribution in [3.63, 3.8) is 0 Å². The van der Waals surface area contributed by atoms with Gasteiger partial charge in [0.2, 0.25) is 0 Å². The molecule has 0 spiro atoms. The maximum Gasteiger partial charge on any atom is 0.137 e. The molecule has 0 saturated carbocycles. The van der Waals surface area contributed by atoms with Crippen LogP contribution in [0.2, 0.25) is 0 Å². The Bertz CT molecular complexity index is 451. The van der Waals surface area contributed by atoms with Crippen molar-refractivity contribution in [1.82, 2.24) is 5.16 Å². The maximum absolute atomic E-state index is 13.6. The third kappa shape index (κ3) is 1.60. The summed E-state index contributed by atoms with van der Waals surface area (Å²) in [6, 6.07) is 0. The van der Waals surface area contributed by atoms with E-state index in [-0.39, 0.29) is 17.7 Å². The lowest BCUT2D eigenvalue weighted by molar-refractivity contribution is 0.388. The minimum atomic E-state index is -0.137. The summed E-state index contributed by atoms with van der Waals surface area (Å²) in [6.45, 7) is 7.71. The van der Waals surface area contributed by atoms with Gasteiger partial charge in [-0.05, 0) is 26.8 Å². The van der Waals surface area contributed by atoms with E-state index in [0.29, 0.717) is 0 Å². The molecule has 2 atom stereocenters. The minimum absolute atomic E-state index is 0.0521. The van der Waals surface area contributed by atoms with E-state index < -0.39 is 0 Å². The van der Waals surface area contributed by atoms with E-state index in [9.17, 15) is 4.39 Å². The molecular formula is C13H16FNO. The molecule has 1 aliphatic carbocycles. The fraction of sp³-hybridized carbons (Fsp3) is 0.462. The second-order valence-corrected chi connectivity index (χ2v) is 4.47. The molecule has 0 radical (unpaired) electrons. The highest BCUT2D eigenvalue weighted by Gasteiger charge is 2.31. The fourth-order valence-corrected chi connectivity index (χ4v) is 2.43. The molecule has 2 nitrogen and oxygen atoms in total. The van der Waals surface area contributed by atoms with Gasteiger partial charge in [0, 0.05) is 17.4 Å². The van der Waals surface area contributed by atoms with Crippen molar-refractivity contribution < 1.29 is 8.91 Å². The van der Waals surface area contributed by atoms with Crippen LogP contribution in [0.5, 0.6) is 0 Å². The van der Waals surface area contributed by atoms with Crippen molar-refractivity contribution >= 4 is 0 Å². The monoisotopic (exact) mass is 221 g/mol. The molecule has 3 heteroatoms. The normalized spacial score (nSPS) is 25.3. The van der Waals surface area contributed by atoms with Crippen molar-refractivity contribution in [2.45, 2.75) is 33.6 Å². The summed E-state index contributed by atoms with van der Waals surface area (Å²) in [6.07, 6.45) is 3.39. The van der Waals surface area contributed by atoms with E-state index in [4.69, 9.17) is 4.52 Å². The lowest BCUT2D eigenvalue weighted by Crippen LogP contribution is -2.16. The molecule has 0 amide bonds. The van der Waals surface area contributed by atoms with Crippen molar-refractivity contribution in [3.05, 3.63) is 40.6 Å². The van der Waals surface area contributed by atoms with Crippen molar-refractivity contribution in [2.24, 2.45) is 5.92 Å². The summed E-state index contributed by atoms with van der Waals surface area (Å²) in [5.41, 5.74) is 3.05. The second-order valence-electron chi connectivity index (χ2n) is 4.47. The Morgan fingerprint density at radius 3 is 2.50 bits per heavy atom. The lowest BCUT2D eigenvalue weighted by Gasteiger charge is -2.26. The molecular weight excluding hydrogens is 205 g/mol. The van der Waals surface area contributed by atoms with Crippen molar-refractivity contribution in [3.8, 4) is 0 Å². The highest BCUT2D eigenvalue weighted by molar-refractivity contribution is 5.39. The maximum atomic E-state index is 13.6. The molecule has 0 N–H and O–H groups in total. The van der Waals surface area contributed by atoms with Gasteiger partial charge in [0.05, 0.1) is 5.69 Å². The third-order valence-electron chi connectivity index (χ3n) is 3.33. The van der Waals surface area contributed by atoms with Crippen LogP contribution in [0, 0.1) is 19.8 Å². The number of aryl methyl sites for hydroxylation is 2. The zero-order valence-corrected chi connectivity index (χ0v) is 10.0. The topological polar surface area (TPSA) is 26.0 Å². The Balaban J connectivity index is 2.49. The van der Waals surface area contributed by atoms with E-state index >= 15 is 0 Å². The highest BCUT2D eigenvalue weighted by Crippen LogP contribution is 2.41. The van der Waals surface area contributed by atoms with Crippen LogP contribution in [0.25, 0.3) is 0 Å². The number of hydrogen-bond acceptors (Lipinski definition) is 2. The Kier molecular flexibility index (Phi) is 2.70. The Hall–Kier alpha value is -1.38. The average molecular weight is 221 g/mol. The molecule has 0 saturated heterocycles. The summed E-state index contributed by atoms with van der Waals surface area (Å²) in [7, 11) is 0. The standard InChI is InChI=1S/C13H16FNO/c1-7-5-6-11(14)8(2)12(7)13-9(3)15-16-10(13)4/h5-6,8,12H,1-4H3. The SMILES string of the molecule is CC1=CC=C(F)C(C)C1c1c(C)noc1C. The van der Waals surface area contributed by atoms with Gasteiger partial charge in [0.25, 0.3) is 0 Å². The van der Waals surface area contributed by atoms with Gasteiger partial charge in [-0.3, -0.25) is 0 Å². The molecule has 2 rings (SSSR count). The predicted molar refractivity (Wildman–Crippen MR) is 60.8 cm³/mol. The smallest absolute Gasteiger partial charge is 0.137 e. The Morgan fingerprint density at radius 1 is 1.25 bits per heavy atom. The summed E-state index contributed by atoms with van der Waals surface area (Å²) >= 11 is 0. The zero-order valence-electron chi connectivity index (χ0n) is 10.0. The summed E-state index contributed by atoms with van der Waals surface area (Å²) in [4.78, 5) is 0. The highest BCUT2D eigenvalue weighted by atomic mass is 19.1. The first-order valence-electron chi connectivity index (χ1n) is 5.49. The second kappa shape index (κ2) is 3.89. The molecule has 1 heterocycles.